The van der Waals surface area contributed by atoms with E-state index < -0.39 is 5.97 Å². The van der Waals surface area contributed by atoms with Crippen LogP contribution in [0.15, 0.2) is 0 Å². The minimum atomic E-state index is -0.903. The molecule has 0 aromatic carbocycles. The zero-order valence-electron chi connectivity index (χ0n) is 16.9. The highest BCUT2D eigenvalue weighted by Gasteiger charge is 2.33. The lowest BCUT2D eigenvalue weighted by Gasteiger charge is -2.39. The van der Waals surface area contributed by atoms with Gasteiger partial charge < -0.3 is 14.9 Å². The first-order valence-corrected chi connectivity index (χ1v) is 10.9. The highest BCUT2D eigenvalue weighted by atomic mass is 16.4. The van der Waals surface area contributed by atoms with Crippen LogP contribution in [0, 0.1) is 5.92 Å². The van der Waals surface area contributed by atoms with Gasteiger partial charge in [0.15, 0.2) is 5.69 Å². The number of fused-ring (bicyclic) bond motifs is 1. The Morgan fingerprint density at radius 1 is 1.18 bits per heavy atom. The first-order valence-electron chi connectivity index (χ1n) is 10.9. The largest absolute Gasteiger partial charge is 0.476 e. The van der Waals surface area contributed by atoms with Crippen LogP contribution in [-0.4, -0.2) is 68.8 Å². The molecule has 28 heavy (non-hydrogen) atoms. The zero-order valence-corrected chi connectivity index (χ0v) is 16.9. The number of hydrogen-bond acceptors (Lipinski definition) is 4. The normalized spacial score (nSPS) is 24.0. The van der Waals surface area contributed by atoms with Crippen molar-refractivity contribution in [1.29, 1.82) is 0 Å². The van der Waals surface area contributed by atoms with Gasteiger partial charge in [0.2, 0.25) is 5.91 Å². The summed E-state index contributed by atoms with van der Waals surface area (Å²) in [5, 5.41) is 13.9. The van der Waals surface area contributed by atoms with Crippen LogP contribution in [-0.2, 0) is 24.2 Å². The van der Waals surface area contributed by atoms with Gasteiger partial charge in [-0.05, 0) is 70.9 Å². The lowest BCUT2D eigenvalue weighted by atomic mass is 9.87. The molecule has 2 aliphatic heterocycles. The molecule has 1 atom stereocenters. The Bertz CT molecular complexity index is 736. The molecule has 3 heterocycles. The van der Waals surface area contributed by atoms with Gasteiger partial charge in [-0.2, -0.15) is 5.10 Å². The van der Waals surface area contributed by atoms with E-state index in [4.69, 9.17) is 0 Å². The first kappa shape index (κ1) is 19.4. The average Bonchev–Trinajstić information content (AvgIpc) is 3.29. The number of carbonyl (C=O) groups is 2. The van der Waals surface area contributed by atoms with Crippen LogP contribution in [0.25, 0.3) is 0 Å². The molecule has 154 valence electrons. The second kappa shape index (κ2) is 8.23. The van der Waals surface area contributed by atoms with Gasteiger partial charge in [-0.15, -0.1) is 0 Å². The summed E-state index contributed by atoms with van der Waals surface area (Å²) in [4.78, 5) is 28.0. The second-order valence-corrected chi connectivity index (χ2v) is 8.54. The van der Waals surface area contributed by atoms with Gasteiger partial charge in [-0.1, -0.05) is 0 Å². The molecule has 4 rings (SSSR count). The van der Waals surface area contributed by atoms with Gasteiger partial charge in [0, 0.05) is 43.4 Å². The van der Waals surface area contributed by atoms with Crippen molar-refractivity contribution in [3.05, 3.63) is 17.0 Å². The molecule has 7 heteroatoms. The van der Waals surface area contributed by atoms with Crippen LogP contribution >= 0.6 is 0 Å². The number of piperidine rings is 1. The Morgan fingerprint density at radius 3 is 2.61 bits per heavy atom. The molecule has 1 aromatic rings. The molecule has 1 amide bonds. The number of aromatic nitrogens is 2. The van der Waals surface area contributed by atoms with Crippen molar-refractivity contribution in [2.45, 2.75) is 70.9 Å². The molecule has 0 saturated carbocycles. The zero-order chi connectivity index (χ0) is 19.7. The summed E-state index contributed by atoms with van der Waals surface area (Å²) in [6.45, 7) is 6.79. The number of aryl methyl sites for hydroxylation is 1. The SMILES string of the molecule is CCn1nc(C(=O)O)c2c1CC[C@H](N1CCC(CCN3CCCC3=O)CC1)C2. The summed E-state index contributed by atoms with van der Waals surface area (Å²) in [6, 6.07) is 0.432. The molecule has 3 aliphatic rings. The van der Waals surface area contributed by atoms with Gasteiger partial charge in [-0.3, -0.25) is 9.48 Å². The highest BCUT2D eigenvalue weighted by Crippen LogP contribution is 2.31. The Morgan fingerprint density at radius 2 is 1.96 bits per heavy atom. The third-order valence-corrected chi connectivity index (χ3v) is 6.97. The average molecular weight is 389 g/mol. The van der Waals surface area contributed by atoms with Crippen molar-refractivity contribution in [3.8, 4) is 0 Å². The molecule has 0 spiro atoms. The van der Waals surface area contributed by atoms with E-state index in [9.17, 15) is 14.7 Å². The summed E-state index contributed by atoms with van der Waals surface area (Å²) < 4.78 is 1.88. The molecule has 7 nitrogen and oxygen atoms in total. The Balaban J connectivity index is 1.32. The summed E-state index contributed by atoms with van der Waals surface area (Å²) >= 11 is 0. The summed E-state index contributed by atoms with van der Waals surface area (Å²) in [7, 11) is 0. The molecule has 0 unspecified atom stereocenters. The standard InChI is InChI=1S/C21H32N4O3/c1-2-25-18-6-5-16(14-17(18)20(22-25)21(27)28)23-11-7-15(8-12-23)9-13-24-10-3-4-19(24)26/h15-16H,2-14H2,1H3,(H,27,28)/t16-/m0/s1. The van der Waals surface area contributed by atoms with Crippen molar-refractivity contribution in [1.82, 2.24) is 19.6 Å². The third kappa shape index (κ3) is 3.81. The molecule has 1 N–H and O–H groups in total. The van der Waals surface area contributed by atoms with E-state index in [0.29, 0.717) is 17.9 Å². The quantitative estimate of drug-likeness (QED) is 0.808. The van der Waals surface area contributed by atoms with Crippen molar-refractivity contribution in [3.63, 3.8) is 0 Å². The van der Waals surface area contributed by atoms with Gasteiger partial charge in [0.1, 0.15) is 0 Å². The van der Waals surface area contributed by atoms with Crippen LogP contribution in [0.2, 0.25) is 0 Å². The Kier molecular flexibility index (Phi) is 5.71. The van der Waals surface area contributed by atoms with Crippen LogP contribution in [0.5, 0.6) is 0 Å². The van der Waals surface area contributed by atoms with Gasteiger partial charge in [0.25, 0.3) is 0 Å². The molecular formula is C21H32N4O3. The van der Waals surface area contributed by atoms with Crippen LogP contribution in [0.4, 0.5) is 0 Å². The fraction of sp³-hybridized carbons (Fsp3) is 0.762. The smallest absolute Gasteiger partial charge is 0.356 e. The number of aromatic carboxylic acids is 1. The lowest BCUT2D eigenvalue weighted by molar-refractivity contribution is -0.127. The Labute approximate surface area is 166 Å². The maximum Gasteiger partial charge on any atom is 0.356 e. The maximum absolute atomic E-state index is 11.8. The van der Waals surface area contributed by atoms with E-state index in [1.165, 1.54) is 12.8 Å². The number of nitrogens with zero attached hydrogens (tertiary/aromatic N) is 4. The number of carbonyl (C=O) groups excluding carboxylic acids is 1. The van der Waals surface area contributed by atoms with E-state index in [2.05, 4.69) is 10.00 Å². The predicted octanol–water partition coefficient (Wildman–Crippen LogP) is 2.18. The minimum absolute atomic E-state index is 0.256. The number of rotatable bonds is 6. The minimum Gasteiger partial charge on any atom is -0.476 e. The fourth-order valence-corrected chi connectivity index (χ4v) is 5.30. The van der Waals surface area contributed by atoms with E-state index in [1.54, 1.807) is 0 Å². The van der Waals surface area contributed by atoms with Crippen LogP contribution in [0.3, 0.4) is 0 Å². The van der Waals surface area contributed by atoms with E-state index in [0.717, 1.165) is 82.5 Å². The topological polar surface area (TPSA) is 78.7 Å². The molecule has 2 fully saturated rings. The predicted molar refractivity (Wildman–Crippen MR) is 105 cm³/mol. The fourth-order valence-electron chi connectivity index (χ4n) is 5.30. The van der Waals surface area contributed by atoms with Crippen molar-refractivity contribution in [2.75, 3.05) is 26.2 Å². The monoisotopic (exact) mass is 388 g/mol. The number of carboxylic acid groups (broad SMARTS) is 1. The Hall–Kier alpha value is -1.89. The van der Waals surface area contributed by atoms with E-state index in [1.807, 2.05) is 16.5 Å². The molecule has 2 saturated heterocycles. The van der Waals surface area contributed by atoms with Crippen molar-refractivity contribution >= 4 is 11.9 Å². The second-order valence-electron chi connectivity index (χ2n) is 8.54. The molecule has 1 aromatic heterocycles. The number of hydrogen-bond donors (Lipinski definition) is 1. The summed E-state index contributed by atoms with van der Waals surface area (Å²) in [5.41, 5.74) is 2.34. The number of amides is 1. The number of carboxylic acids is 1. The van der Waals surface area contributed by atoms with Crippen LogP contribution in [0.1, 0.15) is 67.2 Å². The van der Waals surface area contributed by atoms with Gasteiger partial charge in [0.05, 0.1) is 0 Å². The molecule has 1 aliphatic carbocycles. The highest BCUT2D eigenvalue weighted by molar-refractivity contribution is 5.87. The van der Waals surface area contributed by atoms with Gasteiger partial charge >= 0.3 is 5.97 Å². The molecule has 0 radical (unpaired) electrons. The summed E-state index contributed by atoms with van der Waals surface area (Å²) in [6.07, 6.45) is 8.07. The first-order chi connectivity index (χ1) is 13.6. The van der Waals surface area contributed by atoms with Gasteiger partial charge in [-0.25, -0.2) is 4.79 Å². The lowest BCUT2D eigenvalue weighted by Crippen LogP contribution is -2.44. The molecule has 0 bridgehead atoms. The number of likely N-dealkylation sites (tertiary alicyclic amines) is 2. The third-order valence-electron chi connectivity index (χ3n) is 6.97. The van der Waals surface area contributed by atoms with E-state index >= 15 is 0 Å². The molecular weight excluding hydrogens is 356 g/mol. The van der Waals surface area contributed by atoms with E-state index in [-0.39, 0.29) is 5.69 Å². The van der Waals surface area contributed by atoms with Crippen LogP contribution < -0.4 is 0 Å². The maximum atomic E-state index is 11.8. The van der Waals surface area contributed by atoms with Crippen molar-refractivity contribution < 1.29 is 14.7 Å². The summed E-state index contributed by atoms with van der Waals surface area (Å²) in [5.74, 6) is 0.137. The van der Waals surface area contributed by atoms with Crippen molar-refractivity contribution in [2.24, 2.45) is 5.92 Å².